The number of amides is 1. The molecule has 1 saturated heterocycles. The smallest absolute Gasteiger partial charge is 0.338 e. The zero-order chi connectivity index (χ0) is 19.2. The lowest BCUT2D eigenvalue weighted by Gasteiger charge is -2.37. The van der Waals surface area contributed by atoms with Crippen LogP contribution in [0.25, 0.3) is 6.08 Å². The van der Waals surface area contributed by atoms with Crippen molar-refractivity contribution in [2.75, 3.05) is 26.1 Å². The van der Waals surface area contributed by atoms with Gasteiger partial charge in [-0.05, 0) is 12.5 Å². The van der Waals surface area contributed by atoms with Crippen LogP contribution in [0.1, 0.15) is 18.9 Å². The number of ether oxygens (including phenoxy) is 2. The van der Waals surface area contributed by atoms with Gasteiger partial charge in [-0.2, -0.15) is 0 Å². The van der Waals surface area contributed by atoms with E-state index in [0.29, 0.717) is 35.2 Å². The molecule has 1 aromatic rings. The maximum Gasteiger partial charge on any atom is 0.338 e. The molecular weight excluding hydrogens is 364 g/mol. The van der Waals surface area contributed by atoms with Crippen molar-refractivity contribution in [1.29, 1.82) is 0 Å². The summed E-state index contributed by atoms with van der Waals surface area (Å²) in [6.07, 6.45) is 4.20. The highest BCUT2D eigenvalue weighted by Crippen LogP contribution is 2.32. The summed E-state index contributed by atoms with van der Waals surface area (Å²) in [6, 6.07) is 9.22. The van der Waals surface area contributed by atoms with E-state index in [1.807, 2.05) is 42.5 Å². The maximum atomic E-state index is 12.7. The number of carbonyl (C=O) groups excluding carboxylic acids is 2. The second-order valence-electron chi connectivity index (χ2n) is 6.10. The van der Waals surface area contributed by atoms with Gasteiger partial charge >= 0.3 is 5.97 Å². The number of benzene rings is 1. The van der Waals surface area contributed by atoms with E-state index in [1.165, 1.54) is 11.8 Å². The van der Waals surface area contributed by atoms with Gasteiger partial charge in [0.05, 0.1) is 23.9 Å². The van der Waals surface area contributed by atoms with Crippen LogP contribution in [-0.4, -0.2) is 54.1 Å². The molecule has 1 aromatic carbocycles. The van der Waals surface area contributed by atoms with E-state index in [9.17, 15) is 9.59 Å². The molecule has 2 aliphatic rings. The Kier molecular flexibility index (Phi) is 6.47. The lowest BCUT2D eigenvalue weighted by molar-refractivity contribution is -0.141. The third-order valence-electron chi connectivity index (χ3n) is 4.26. The number of thioether (sulfide) groups is 1. The molecule has 0 radical (unpaired) electrons. The molecule has 0 aliphatic carbocycles. The first-order chi connectivity index (χ1) is 13.1. The lowest BCUT2D eigenvalue weighted by atomic mass is 10.00. The Balaban J connectivity index is 1.95. The summed E-state index contributed by atoms with van der Waals surface area (Å²) in [5.74, 6) is 0.188. The Morgan fingerprint density at radius 2 is 2.11 bits per heavy atom. The van der Waals surface area contributed by atoms with E-state index in [-0.39, 0.29) is 12.5 Å². The van der Waals surface area contributed by atoms with Crippen molar-refractivity contribution in [3.63, 3.8) is 0 Å². The highest BCUT2D eigenvalue weighted by atomic mass is 32.2. The quantitative estimate of drug-likeness (QED) is 0.555. The molecule has 6 nitrogen and oxygen atoms in total. The van der Waals surface area contributed by atoms with Gasteiger partial charge in [-0.25, -0.2) is 9.79 Å². The maximum absolute atomic E-state index is 12.7. The fourth-order valence-electron chi connectivity index (χ4n) is 2.95. The summed E-state index contributed by atoms with van der Waals surface area (Å²) >= 11 is 1.53. The van der Waals surface area contributed by atoms with Gasteiger partial charge in [0.25, 0.3) is 0 Å². The summed E-state index contributed by atoms with van der Waals surface area (Å²) in [5, 5.41) is 0.639. The number of amidine groups is 1. The van der Waals surface area contributed by atoms with Crippen molar-refractivity contribution in [1.82, 2.24) is 4.90 Å². The number of carbonyl (C=O) groups is 2. The van der Waals surface area contributed by atoms with Crippen molar-refractivity contribution in [2.24, 2.45) is 4.99 Å². The van der Waals surface area contributed by atoms with Crippen LogP contribution in [0.5, 0.6) is 0 Å². The molecule has 0 aromatic heterocycles. The summed E-state index contributed by atoms with van der Waals surface area (Å²) in [5.41, 5.74) is 1.95. The predicted molar refractivity (Wildman–Crippen MR) is 106 cm³/mol. The Labute approximate surface area is 162 Å². The third kappa shape index (κ3) is 4.48. The number of methoxy groups -OCH3 is 1. The average Bonchev–Trinajstić information content (AvgIpc) is 2.66. The van der Waals surface area contributed by atoms with Crippen LogP contribution in [0.3, 0.4) is 0 Å². The SMILES string of the molecule is COCCOC(=O)C1=C(C)N=C2SCCC(=O)N2[C@@H]1/C=C/c1ccccc1. The summed E-state index contributed by atoms with van der Waals surface area (Å²) in [6.45, 7) is 2.25. The first-order valence-electron chi connectivity index (χ1n) is 8.75. The minimum Gasteiger partial charge on any atom is -0.460 e. The number of esters is 1. The Hall–Kier alpha value is -2.38. The average molecular weight is 386 g/mol. The molecule has 1 atom stereocenters. The number of hydrogen-bond acceptors (Lipinski definition) is 6. The molecule has 0 unspecified atom stereocenters. The van der Waals surface area contributed by atoms with Gasteiger partial charge in [-0.3, -0.25) is 9.69 Å². The number of fused-ring (bicyclic) bond motifs is 1. The molecule has 2 aliphatic heterocycles. The second kappa shape index (κ2) is 9.01. The van der Waals surface area contributed by atoms with E-state index >= 15 is 0 Å². The molecule has 0 N–H and O–H groups in total. The molecule has 0 bridgehead atoms. The number of hydrogen-bond donors (Lipinski definition) is 0. The van der Waals surface area contributed by atoms with Crippen LogP contribution in [-0.2, 0) is 19.1 Å². The summed E-state index contributed by atoms with van der Waals surface area (Å²) in [7, 11) is 1.55. The molecular formula is C20H22N2O4S. The Morgan fingerprint density at radius 3 is 2.85 bits per heavy atom. The van der Waals surface area contributed by atoms with Gasteiger partial charge in [0, 0.05) is 19.3 Å². The fraction of sp³-hybridized carbons (Fsp3) is 0.350. The van der Waals surface area contributed by atoms with Crippen LogP contribution in [0.15, 0.2) is 52.7 Å². The lowest BCUT2D eigenvalue weighted by Crippen LogP contribution is -2.49. The number of nitrogens with zero attached hydrogens (tertiary/aromatic N) is 2. The number of aliphatic imine (C=N–C) groups is 1. The largest absolute Gasteiger partial charge is 0.460 e. The summed E-state index contributed by atoms with van der Waals surface area (Å²) in [4.78, 5) is 31.4. The van der Waals surface area contributed by atoms with Gasteiger partial charge < -0.3 is 9.47 Å². The second-order valence-corrected chi connectivity index (χ2v) is 7.16. The number of rotatable bonds is 6. The van der Waals surface area contributed by atoms with Crippen LogP contribution in [0.2, 0.25) is 0 Å². The molecule has 7 heteroatoms. The van der Waals surface area contributed by atoms with Crippen LogP contribution < -0.4 is 0 Å². The zero-order valence-electron chi connectivity index (χ0n) is 15.4. The van der Waals surface area contributed by atoms with E-state index in [4.69, 9.17) is 9.47 Å². The van der Waals surface area contributed by atoms with Crippen molar-refractivity contribution in [3.8, 4) is 0 Å². The first kappa shape index (κ1) is 19.4. The molecule has 0 spiro atoms. The van der Waals surface area contributed by atoms with Crippen molar-refractivity contribution < 1.29 is 19.1 Å². The minimum absolute atomic E-state index is 0.0371. The van der Waals surface area contributed by atoms with Crippen LogP contribution >= 0.6 is 11.8 Å². The highest BCUT2D eigenvalue weighted by Gasteiger charge is 2.39. The molecule has 142 valence electrons. The summed E-state index contributed by atoms with van der Waals surface area (Å²) < 4.78 is 10.3. The molecule has 1 amide bonds. The van der Waals surface area contributed by atoms with E-state index < -0.39 is 12.0 Å². The third-order valence-corrected chi connectivity index (χ3v) is 5.21. The highest BCUT2D eigenvalue weighted by molar-refractivity contribution is 8.14. The van der Waals surface area contributed by atoms with Crippen molar-refractivity contribution in [3.05, 3.63) is 53.2 Å². The molecule has 0 saturated carbocycles. The van der Waals surface area contributed by atoms with E-state index in [1.54, 1.807) is 18.9 Å². The van der Waals surface area contributed by atoms with Gasteiger partial charge in [-0.15, -0.1) is 0 Å². The van der Waals surface area contributed by atoms with Gasteiger partial charge in [0.1, 0.15) is 6.61 Å². The molecule has 1 fully saturated rings. The van der Waals surface area contributed by atoms with E-state index in [0.717, 1.165) is 5.56 Å². The topological polar surface area (TPSA) is 68.2 Å². The number of allylic oxidation sites excluding steroid dienone is 1. The molecule has 2 heterocycles. The Bertz CT molecular complexity index is 801. The Morgan fingerprint density at radius 1 is 1.33 bits per heavy atom. The fourth-order valence-corrected chi connectivity index (χ4v) is 3.96. The molecule has 27 heavy (non-hydrogen) atoms. The van der Waals surface area contributed by atoms with E-state index in [2.05, 4.69) is 4.99 Å². The van der Waals surface area contributed by atoms with Crippen LogP contribution in [0.4, 0.5) is 0 Å². The normalized spacial score (nSPS) is 19.9. The first-order valence-corrected chi connectivity index (χ1v) is 9.74. The van der Waals surface area contributed by atoms with Gasteiger partial charge in [0.15, 0.2) is 5.17 Å². The van der Waals surface area contributed by atoms with Crippen molar-refractivity contribution in [2.45, 2.75) is 19.4 Å². The monoisotopic (exact) mass is 386 g/mol. The minimum atomic E-state index is -0.534. The van der Waals surface area contributed by atoms with Gasteiger partial charge in [0.2, 0.25) is 5.91 Å². The zero-order valence-corrected chi connectivity index (χ0v) is 16.2. The van der Waals surface area contributed by atoms with Crippen molar-refractivity contribution >= 4 is 34.9 Å². The van der Waals surface area contributed by atoms with Crippen LogP contribution in [0, 0.1) is 0 Å². The molecule has 3 rings (SSSR count). The standard InChI is InChI=1S/C20H22N2O4S/c1-14-18(19(24)26-12-11-25-2)16(9-8-15-6-4-3-5-7-15)22-17(23)10-13-27-20(22)21-14/h3-9,16H,10-13H2,1-2H3/b9-8+/t16-/m1/s1. The van der Waals surface area contributed by atoms with Gasteiger partial charge in [-0.1, -0.05) is 54.2 Å². The predicted octanol–water partition coefficient (Wildman–Crippen LogP) is 2.87.